The van der Waals surface area contributed by atoms with E-state index in [2.05, 4.69) is 215 Å². The second-order valence-electron chi connectivity index (χ2n) is 18.7. The zero-order valence-electron chi connectivity index (χ0n) is 35.8. The van der Waals surface area contributed by atoms with E-state index < -0.39 is 0 Å². The quantitative estimate of drug-likeness (QED) is 0.173. The minimum Gasteiger partial charge on any atom is -0.456 e. The number of hydrogen-bond acceptors (Lipinski definition) is 3. The number of furan rings is 1. The van der Waals surface area contributed by atoms with E-state index in [4.69, 9.17) is 9.41 Å². The molecule has 0 radical (unpaired) electrons. The minimum absolute atomic E-state index is 0.150. The highest BCUT2D eigenvalue weighted by Gasteiger charge is 2.38. The van der Waals surface area contributed by atoms with Crippen LogP contribution in [0.2, 0.25) is 0 Å². The molecule has 13 rings (SSSR count). The SMILES string of the molecule is CC1(C)c2ccccc2-c2ccc(N(c3ccc4c(c3)C(C)(C)c3ccccc3-4)c3cc4oc5cccc(-c6ccc7c(c6)N=C(c6ccccc6)C7)c5c4c4ccccc34)cc21. The summed E-state index contributed by atoms with van der Waals surface area (Å²) in [7, 11) is 0. The minimum atomic E-state index is -0.150. The van der Waals surface area contributed by atoms with Crippen LogP contribution in [0, 0.1) is 0 Å². The molecule has 0 spiro atoms. The van der Waals surface area contributed by atoms with Crippen LogP contribution in [0.5, 0.6) is 0 Å². The van der Waals surface area contributed by atoms with Crippen LogP contribution in [0.25, 0.3) is 66.1 Å². The second-order valence-corrected chi connectivity index (χ2v) is 18.7. The molecule has 0 bridgehead atoms. The average Bonchev–Trinajstić information content (AvgIpc) is 4.04. The van der Waals surface area contributed by atoms with E-state index in [9.17, 15) is 0 Å². The first-order chi connectivity index (χ1) is 30.7. The molecule has 0 N–H and O–H groups in total. The van der Waals surface area contributed by atoms with Crippen LogP contribution in [0.1, 0.15) is 61.1 Å². The van der Waals surface area contributed by atoms with Crippen molar-refractivity contribution in [1.29, 1.82) is 0 Å². The summed E-state index contributed by atoms with van der Waals surface area (Å²) in [4.78, 5) is 7.63. The number of rotatable bonds is 5. The molecule has 1 aromatic heterocycles. The Balaban J connectivity index is 1.03. The van der Waals surface area contributed by atoms with E-state index in [0.717, 1.165) is 73.3 Å². The van der Waals surface area contributed by atoms with Gasteiger partial charge in [-0.2, -0.15) is 0 Å². The fourth-order valence-corrected chi connectivity index (χ4v) is 11.3. The van der Waals surface area contributed by atoms with Crippen LogP contribution in [-0.2, 0) is 17.3 Å². The van der Waals surface area contributed by atoms with Crippen molar-refractivity contribution in [2.75, 3.05) is 4.90 Å². The molecule has 0 saturated heterocycles. The highest BCUT2D eigenvalue weighted by atomic mass is 16.3. The van der Waals surface area contributed by atoms with Crippen molar-refractivity contribution in [3.63, 3.8) is 0 Å². The van der Waals surface area contributed by atoms with E-state index >= 15 is 0 Å². The zero-order chi connectivity index (χ0) is 42.2. The van der Waals surface area contributed by atoms with Gasteiger partial charge in [0.15, 0.2) is 0 Å². The monoisotopic (exact) mass is 808 g/mol. The molecule has 3 aliphatic rings. The fraction of sp³-hybridized carbons (Fsp3) is 0.117. The number of benzene rings is 9. The van der Waals surface area contributed by atoms with Gasteiger partial charge < -0.3 is 9.32 Å². The first-order valence-corrected chi connectivity index (χ1v) is 22.2. The third-order valence-corrected chi connectivity index (χ3v) is 14.5. The highest BCUT2D eigenvalue weighted by molar-refractivity contribution is 6.25. The molecular formula is C60H44N2O. The first-order valence-electron chi connectivity index (χ1n) is 22.2. The average molecular weight is 809 g/mol. The lowest BCUT2D eigenvalue weighted by Crippen LogP contribution is -2.18. The summed E-state index contributed by atoms with van der Waals surface area (Å²) < 4.78 is 7.00. The van der Waals surface area contributed by atoms with Gasteiger partial charge in [0.05, 0.1) is 17.1 Å². The lowest BCUT2D eigenvalue weighted by Gasteiger charge is -2.30. The third kappa shape index (κ3) is 5.17. The lowest BCUT2D eigenvalue weighted by molar-refractivity contribution is 0.660. The molecule has 63 heavy (non-hydrogen) atoms. The standard InChI is InChI=1S/C60H44N2O/c1-59(2)48-22-12-10-17-42(48)44-29-27-39(33-50(44)59)62(40-28-30-45-43-18-11-13-23-49(43)60(3,4)51(45)34-40)54-35-56-58(47-20-9-8-19-46(47)54)57-41(21-14-24-55(57)63-56)37-25-26-38-32-52(61-53(38)31-37)36-15-6-5-7-16-36/h5-31,33-35H,32H2,1-4H3. The maximum Gasteiger partial charge on any atom is 0.138 e. The van der Waals surface area contributed by atoms with E-state index in [0.29, 0.717) is 0 Å². The van der Waals surface area contributed by atoms with Crippen molar-refractivity contribution in [2.45, 2.75) is 44.9 Å². The van der Waals surface area contributed by atoms with E-state index in [1.54, 1.807) is 0 Å². The summed E-state index contributed by atoms with van der Waals surface area (Å²) in [5, 5.41) is 4.58. The maximum absolute atomic E-state index is 7.00. The molecule has 300 valence electrons. The molecule has 3 nitrogen and oxygen atoms in total. The van der Waals surface area contributed by atoms with Gasteiger partial charge >= 0.3 is 0 Å². The Labute approximate surface area is 367 Å². The molecule has 10 aromatic rings. The van der Waals surface area contributed by atoms with Crippen LogP contribution >= 0.6 is 0 Å². The predicted octanol–water partition coefficient (Wildman–Crippen LogP) is 16.2. The Morgan fingerprint density at radius 1 is 0.444 bits per heavy atom. The smallest absolute Gasteiger partial charge is 0.138 e. The van der Waals surface area contributed by atoms with Crippen LogP contribution in [-0.4, -0.2) is 5.71 Å². The third-order valence-electron chi connectivity index (χ3n) is 14.5. The Kier molecular flexibility index (Phi) is 7.48. The Morgan fingerprint density at radius 2 is 1.03 bits per heavy atom. The summed E-state index contributed by atoms with van der Waals surface area (Å²) >= 11 is 0. The van der Waals surface area contributed by atoms with Crippen molar-refractivity contribution < 1.29 is 4.42 Å². The predicted molar refractivity (Wildman–Crippen MR) is 263 cm³/mol. The van der Waals surface area contributed by atoms with E-state index in [1.807, 2.05) is 0 Å². The van der Waals surface area contributed by atoms with Gasteiger partial charge in [0.2, 0.25) is 0 Å². The summed E-state index contributed by atoms with van der Waals surface area (Å²) in [6.07, 6.45) is 0.839. The molecule has 3 heteroatoms. The molecule has 2 aliphatic carbocycles. The highest BCUT2D eigenvalue weighted by Crippen LogP contribution is 2.54. The number of nitrogens with zero attached hydrogens (tertiary/aromatic N) is 2. The summed E-state index contributed by atoms with van der Waals surface area (Å²) in [5.74, 6) is 0. The normalized spacial score (nSPS) is 15.0. The Morgan fingerprint density at radius 3 is 1.71 bits per heavy atom. The van der Waals surface area contributed by atoms with Gasteiger partial charge in [-0.3, -0.25) is 4.99 Å². The van der Waals surface area contributed by atoms with Crippen molar-refractivity contribution in [1.82, 2.24) is 0 Å². The number of hydrogen-bond donors (Lipinski definition) is 0. The Hall–Kier alpha value is -7.49. The van der Waals surface area contributed by atoms with Crippen LogP contribution in [0.3, 0.4) is 0 Å². The van der Waals surface area contributed by atoms with Crippen molar-refractivity contribution in [3.05, 3.63) is 215 Å². The fourth-order valence-electron chi connectivity index (χ4n) is 11.3. The lowest BCUT2D eigenvalue weighted by atomic mass is 9.82. The van der Waals surface area contributed by atoms with E-state index in [-0.39, 0.29) is 10.8 Å². The number of aliphatic imine (C=N–C) groups is 1. The number of fused-ring (bicyclic) bond motifs is 12. The summed E-state index contributed by atoms with van der Waals surface area (Å²) in [6.45, 7) is 9.46. The summed E-state index contributed by atoms with van der Waals surface area (Å²) in [6, 6.07) is 67.0. The summed E-state index contributed by atoms with van der Waals surface area (Å²) in [5.41, 5.74) is 22.3. The van der Waals surface area contributed by atoms with Gasteiger partial charge in [0, 0.05) is 50.9 Å². The molecule has 9 aromatic carbocycles. The molecule has 2 heterocycles. The first kappa shape index (κ1) is 36.2. The molecule has 0 unspecified atom stereocenters. The van der Waals surface area contributed by atoms with E-state index in [1.165, 1.54) is 61.0 Å². The van der Waals surface area contributed by atoms with Crippen LogP contribution in [0.15, 0.2) is 191 Å². The largest absolute Gasteiger partial charge is 0.456 e. The maximum atomic E-state index is 7.00. The van der Waals surface area contributed by atoms with Gasteiger partial charge in [-0.1, -0.05) is 167 Å². The second kappa shape index (κ2) is 13.0. The van der Waals surface area contributed by atoms with Gasteiger partial charge in [0.1, 0.15) is 11.2 Å². The van der Waals surface area contributed by atoms with Gasteiger partial charge in [-0.05, 0) is 109 Å². The van der Waals surface area contributed by atoms with Crippen LogP contribution < -0.4 is 4.90 Å². The molecule has 0 amide bonds. The molecule has 0 atom stereocenters. The van der Waals surface area contributed by atoms with Gasteiger partial charge in [-0.15, -0.1) is 0 Å². The van der Waals surface area contributed by atoms with Crippen molar-refractivity contribution in [2.24, 2.45) is 4.99 Å². The number of anilines is 3. The zero-order valence-corrected chi connectivity index (χ0v) is 35.8. The van der Waals surface area contributed by atoms with Crippen molar-refractivity contribution >= 4 is 61.2 Å². The molecule has 0 fully saturated rings. The van der Waals surface area contributed by atoms with Crippen molar-refractivity contribution in [3.8, 4) is 33.4 Å². The molecule has 0 saturated carbocycles. The van der Waals surface area contributed by atoms with Gasteiger partial charge in [-0.25, -0.2) is 0 Å². The molecular weight excluding hydrogens is 765 g/mol. The van der Waals surface area contributed by atoms with Crippen LogP contribution in [0.4, 0.5) is 22.7 Å². The van der Waals surface area contributed by atoms with Gasteiger partial charge in [0.25, 0.3) is 0 Å². The Bertz CT molecular complexity index is 3500. The molecule has 1 aliphatic heterocycles. The topological polar surface area (TPSA) is 28.7 Å².